The maximum absolute atomic E-state index is 12.6. The van der Waals surface area contributed by atoms with Crippen LogP contribution in [0.3, 0.4) is 0 Å². The topological polar surface area (TPSA) is 48.1 Å². The van der Waals surface area contributed by atoms with Crippen molar-refractivity contribution in [3.05, 3.63) is 23.4 Å². The van der Waals surface area contributed by atoms with Crippen LogP contribution in [0, 0.1) is 0 Å². The lowest BCUT2D eigenvalue weighted by Gasteiger charge is -2.14. The lowest BCUT2D eigenvalue weighted by atomic mass is 10.1. The molecule has 1 aromatic rings. The molecule has 0 aliphatic rings. The van der Waals surface area contributed by atoms with Crippen LogP contribution in [0.5, 0.6) is 5.88 Å². The van der Waals surface area contributed by atoms with Crippen LogP contribution in [-0.2, 0) is 6.18 Å². The molecule has 0 saturated heterocycles. The second-order valence-electron chi connectivity index (χ2n) is 3.34. The summed E-state index contributed by atoms with van der Waals surface area (Å²) in [6.07, 6.45) is -2.63. The molecule has 0 radical (unpaired) electrons. The van der Waals surface area contributed by atoms with Crippen LogP contribution >= 0.6 is 0 Å². The van der Waals surface area contributed by atoms with Gasteiger partial charge >= 0.3 is 6.18 Å². The van der Waals surface area contributed by atoms with Crippen molar-refractivity contribution in [2.45, 2.75) is 25.6 Å². The molecule has 1 unspecified atom stereocenters. The molecule has 1 heterocycles. The van der Waals surface area contributed by atoms with Gasteiger partial charge in [-0.25, -0.2) is 4.98 Å². The normalized spacial score (nSPS) is 13.6. The fraction of sp³-hybridized carbons (Fsp3) is 0.500. The minimum Gasteiger partial charge on any atom is -0.481 e. The Morgan fingerprint density at radius 1 is 1.50 bits per heavy atom. The molecule has 0 aliphatic heterocycles. The average molecular weight is 234 g/mol. The lowest BCUT2D eigenvalue weighted by molar-refractivity contribution is -0.139. The molecule has 0 bridgehead atoms. The molecule has 90 valence electrons. The van der Waals surface area contributed by atoms with Crippen molar-refractivity contribution in [2.75, 3.05) is 7.11 Å². The van der Waals surface area contributed by atoms with E-state index in [0.717, 1.165) is 13.2 Å². The minimum atomic E-state index is -4.48. The van der Waals surface area contributed by atoms with Gasteiger partial charge in [0.15, 0.2) is 0 Å². The van der Waals surface area contributed by atoms with E-state index in [0.29, 0.717) is 12.0 Å². The highest BCUT2D eigenvalue weighted by Crippen LogP contribution is 2.36. The smallest absolute Gasteiger partial charge is 0.421 e. The van der Waals surface area contributed by atoms with E-state index in [2.05, 4.69) is 9.72 Å². The first-order valence-corrected chi connectivity index (χ1v) is 4.76. The maximum Gasteiger partial charge on any atom is 0.421 e. The molecule has 0 aromatic carbocycles. The standard InChI is InChI=1S/C10H13F3N2O/c1-3-8(14)6-4-7(10(11,12)13)9(16-2)15-5-6/h4-5,8H,3,14H2,1-2H3. The largest absolute Gasteiger partial charge is 0.481 e. The minimum absolute atomic E-state index is 0.357. The molecule has 0 saturated carbocycles. The van der Waals surface area contributed by atoms with Crippen LogP contribution in [0.2, 0.25) is 0 Å². The molecule has 2 N–H and O–H groups in total. The highest BCUT2D eigenvalue weighted by atomic mass is 19.4. The van der Waals surface area contributed by atoms with E-state index < -0.39 is 23.7 Å². The van der Waals surface area contributed by atoms with E-state index in [1.165, 1.54) is 6.20 Å². The highest BCUT2D eigenvalue weighted by Gasteiger charge is 2.35. The summed E-state index contributed by atoms with van der Waals surface area (Å²) < 4.78 is 42.4. The molecular weight excluding hydrogens is 221 g/mol. The van der Waals surface area contributed by atoms with Gasteiger partial charge in [-0.05, 0) is 18.1 Å². The Bertz CT molecular complexity index is 366. The summed E-state index contributed by atoms with van der Waals surface area (Å²) in [5.41, 5.74) is 5.11. The summed E-state index contributed by atoms with van der Waals surface area (Å²) in [7, 11) is 1.15. The van der Waals surface area contributed by atoms with Gasteiger partial charge in [-0.3, -0.25) is 0 Å². The van der Waals surface area contributed by atoms with Crippen LogP contribution < -0.4 is 10.5 Å². The number of hydrogen-bond acceptors (Lipinski definition) is 3. The average Bonchev–Trinajstić information content (AvgIpc) is 2.26. The number of hydrogen-bond donors (Lipinski definition) is 1. The Hall–Kier alpha value is -1.30. The van der Waals surface area contributed by atoms with Gasteiger partial charge in [0.2, 0.25) is 5.88 Å². The summed E-state index contributed by atoms with van der Waals surface area (Å²) in [6.45, 7) is 1.79. The van der Waals surface area contributed by atoms with Crippen LogP contribution in [0.1, 0.15) is 30.5 Å². The van der Waals surface area contributed by atoms with Crippen LogP contribution in [0.4, 0.5) is 13.2 Å². The van der Waals surface area contributed by atoms with Gasteiger partial charge in [0, 0.05) is 12.2 Å². The van der Waals surface area contributed by atoms with Gasteiger partial charge in [-0.1, -0.05) is 6.92 Å². The Labute approximate surface area is 91.4 Å². The molecule has 1 atom stereocenters. The number of ether oxygens (including phenoxy) is 1. The summed E-state index contributed by atoms with van der Waals surface area (Å²) in [4.78, 5) is 3.61. The molecule has 1 aromatic heterocycles. The summed E-state index contributed by atoms with van der Waals surface area (Å²) in [6, 6.07) is 0.541. The number of alkyl halides is 3. The summed E-state index contributed by atoms with van der Waals surface area (Å²) >= 11 is 0. The Morgan fingerprint density at radius 3 is 2.56 bits per heavy atom. The van der Waals surface area contributed by atoms with Crippen molar-refractivity contribution in [2.24, 2.45) is 5.73 Å². The van der Waals surface area contributed by atoms with E-state index in [9.17, 15) is 13.2 Å². The summed E-state index contributed by atoms with van der Waals surface area (Å²) in [5.74, 6) is -0.431. The third-order valence-corrected chi connectivity index (χ3v) is 2.24. The number of nitrogens with zero attached hydrogens (tertiary/aromatic N) is 1. The van der Waals surface area contributed by atoms with E-state index in [4.69, 9.17) is 5.73 Å². The predicted molar refractivity (Wildman–Crippen MR) is 53.0 cm³/mol. The highest BCUT2D eigenvalue weighted by molar-refractivity contribution is 5.33. The molecule has 1 rings (SSSR count). The predicted octanol–water partition coefficient (Wildman–Crippen LogP) is 2.52. The number of rotatable bonds is 3. The van der Waals surface area contributed by atoms with Crippen LogP contribution in [0.25, 0.3) is 0 Å². The van der Waals surface area contributed by atoms with E-state index in [1.807, 2.05) is 0 Å². The van der Waals surface area contributed by atoms with E-state index in [-0.39, 0.29) is 0 Å². The number of halogens is 3. The number of methoxy groups -OCH3 is 1. The second kappa shape index (κ2) is 4.69. The van der Waals surface area contributed by atoms with Gasteiger partial charge in [0.05, 0.1) is 7.11 Å². The monoisotopic (exact) mass is 234 g/mol. The number of nitrogens with two attached hydrogens (primary N) is 1. The quantitative estimate of drug-likeness (QED) is 0.874. The first-order chi connectivity index (χ1) is 7.40. The molecule has 16 heavy (non-hydrogen) atoms. The van der Waals surface area contributed by atoms with Gasteiger partial charge in [-0.2, -0.15) is 13.2 Å². The fourth-order valence-electron chi connectivity index (χ4n) is 1.27. The number of aromatic nitrogens is 1. The van der Waals surface area contributed by atoms with Crippen LogP contribution in [0.15, 0.2) is 12.3 Å². The fourth-order valence-corrected chi connectivity index (χ4v) is 1.27. The van der Waals surface area contributed by atoms with Crippen molar-refractivity contribution in [3.63, 3.8) is 0 Å². The third-order valence-electron chi connectivity index (χ3n) is 2.24. The number of pyridine rings is 1. The molecule has 0 amide bonds. The molecule has 0 spiro atoms. The van der Waals surface area contributed by atoms with E-state index >= 15 is 0 Å². The van der Waals surface area contributed by atoms with Crippen molar-refractivity contribution in [1.82, 2.24) is 4.98 Å². The van der Waals surface area contributed by atoms with Gasteiger partial charge in [-0.15, -0.1) is 0 Å². The Balaban J connectivity index is 3.22. The molecule has 6 heteroatoms. The zero-order valence-corrected chi connectivity index (χ0v) is 9.01. The van der Waals surface area contributed by atoms with Gasteiger partial charge in [0.1, 0.15) is 5.56 Å². The summed E-state index contributed by atoms with van der Waals surface area (Å²) in [5, 5.41) is 0. The van der Waals surface area contributed by atoms with Gasteiger partial charge in [0.25, 0.3) is 0 Å². The first kappa shape index (κ1) is 12.8. The van der Waals surface area contributed by atoms with Crippen molar-refractivity contribution in [1.29, 1.82) is 0 Å². The molecule has 0 fully saturated rings. The molecule has 3 nitrogen and oxygen atoms in total. The first-order valence-electron chi connectivity index (χ1n) is 4.76. The maximum atomic E-state index is 12.6. The van der Waals surface area contributed by atoms with E-state index in [1.54, 1.807) is 6.92 Å². The second-order valence-corrected chi connectivity index (χ2v) is 3.34. The Kier molecular flexibility index (Phi) is 3.74. The van der Waals surface area contributed by atoms with Crippen LogP contribution in [-0.4, -0.2) is 12.1 Å². The SMILES string of the molecule is CCC(N)c1cnc(OC)c(C(F)(F)F)c1. The van der Waals surface area contributed by atoms with Gasteiger partial charge < -0.3 is 10.5 Å². The van der Waals surface area contributed by atoms with Crippen molar-refractivity contribution in [3.8, 4) is 5.88 Å². The molecule has 0 aliphatic carbocycles. The van der Waals surface area contributed by atoms with Crippen molar-refractivity contribution >= 4 is 0 Å². The van der Waals surface area contributed by atoms with Crippen molar-refractivity contribution < 1.29 is 17.9 Å². The Morgan fingerprint density at radius 2 is 2.12 bits per heavy atom. The zero-order chi connectivity index (χ0) is 12.3. The zero-order valence-electron chi connectivity index (χ0n) is 9.01. The molecular formula is C10H13F3N2O. The third kappa shape index (κ3) is 2.63. The lowest BCUT2D eigenvalue weighted by Crippen LogP contribution is -2.14.